The smallest absolute Gasteiger partial charge is 0.247 e. The molecule has 1 aromatic carbocycles. The molecule has 2 atom stereocenters. The Bertz CT molecular complexity index is 655. The van der Waals surface area contributed by atoms with Gasteiger partial charge < -0.3 is 4.90 Å². The van der Waals surface area contributed by atoms with Crippen LogP contribution in [0, 0.1) is 11.8 Å². The van der Waals surface area contributed by atoms with E-state index in [9.17, 15) is 14.4 Å². The van der Waals surface area contributed by atoms with Crippen molar-refractivity contribution < 1.29 is 14.4 Å². The van der Waals surface area contributed by atoms with Gasteiger partial charge in [-0.25, -0.2) is 0 Å². The van der Waals surface area contributed by atoms with E-state index in [0.717, 1.165) is 10.6 Å². The average molecular weight is 326 g/mol. The van der Waals surface area contributed by atoms with Gasteiger partial charge in [-0.1, -0.05) is 30.4 Å². The Kier molecular flexibility index (Phi) is 4.51. The molecule has 0 unspecified atom stereocenters. The van der Waals surface area contributed by atoms with E-state index in [4.69, 9.17) is 0 Å². The first-order chi connectivity index (χ1) is 11.5. The highest BCUT2D eigenvalue weighted by Crippen LogP contribution is 2.35. The van der Waals surface area contributed by atoms with Crippen LogP contribution in [0.15, 0.2) is 42.5 Å². The van der Waals surface area contributed by atoms with Gasteiger partial charge in [0.1, 0.15) is 6.54 Å². The third-order valence-electron chi connectivity index (χ3n) is 4.71. The lowest BCUT2D eigenvalue weighted by molar-refractivity contribution is -0.143. The topological polar surface area (TPSA) is 57.7 Å². The van der Waals surface area contributed by atoms with Crippen molar-refractivity contribution in [1.82, 2.24) is 4.90 Å². The molecule has 2 aliphatic rings. The third kappa shape index (κ3) is 2.86. The summed E-state index contributed by atoms with van der Waals surface area (Å²) in [5, 5.41) is 0. The number of carbonyl (C=O) groups excluding carboxylic acids is 3. The fraction of sp³-hybridized carbons (Fsp3) is 0.421. The molecular formula is C19H22N2O3. The lowest BCUT2D eigenvalue weighted by Crippen LogP contribution is -2.46. The van der Waals surface area contributed by atoms with Crippen LogP contribution in [0.4, 0.5) is 5.69 Å². The zero-order chi connectivity index (χ0) is 17.3. The molecule has 1 aliphatic heterocycles. The predicted octanol–water partition coefficient (Wildman–Crippen LogP) is 2.38. The molecule has 5 nitrogen and oxygen atoms in total. The Morgan fingerprint density at radius 3 is 2.12 bits per heavy atom. The maximum atomic E-state index is 12.8. The molecule has 1 aliphatic carbocycles. The van der Waals surface area contributed by atoms with Gasteiger partial charge in [0.15, 0.2) is 0 Å². The van der Waals surface area contributed by atoms with Crippen molar-refractivity contribution in [2.75, 3.05) is 11.4 Å². The lowest BCUT2D eigenvalue weighted by atomic mass is 9.85. The molecule has 5 heteroatoms. The van der Waals surface area contributed by atoms with E-state index >= 15 is 0 Å². The summed E-state index contributed by atoms with van der Waals surface area (Å²) in [5.41, 5.74) is 0.774. The van der Waals surface area contributed by atoms with E-state index in [1.165, 1.54) is 0 Å². The van der Waals surface area contributed by atoms with E-state index in [2.05, 4.69) is 0 Å². The third-order valence-corrected chi connectivity index (χ3v) is 4.71. The summed E-state index contributed by atoms with van der Waals surface area (Å²) < 4.78 is 0. The molecule has 0 bridgehead atoms. The normalized spacial score (nSPS) is 22.9. The summed E-state index contributed by atoms with van der Waals surface area (Å²) >= 11 is 0. The van der Waals surface area contributed by atoms with Crippen molar-refractivity contribution in [3.8, 4) is 0 Å². The van der Waals surface area contributed by atoms with Gasteiger partial charge in [0, 0.05) is 11.7 Å². The second-order valence-electron chi connectivity index (χ2n) is 6.61. The number of benzene rings is 1. The Hall–Kier alpha value is -2.43. The Labute approximate surface area is 141 Å². The van der Waals surface area contributed by atoms with Gasteiger partial charge in [0.2, 0.25) is 17.7 Å². The molecule has 0 saturated carbocycles. The van der Waals surface area contributed by atoms with Gasteiger partial charge in [-0.15, -0.1) is 0 Å². The number of allylic oxidation sites excluding steroid dienone is 2. The van der Waals surface area contributed by atoms with E-state index in [1.54, 1.807) is 4.90 Å². The number of likely N-dealkylation sites (tertiary alicyclic amines) is 1. The molecule has 3 amide bonds. The minimum Gasteiger partial charge on any atom is -0.308 e. The summed E-state index contributed by atoms with van der Waals surface area (Å²) in [5.74, 6) is -1.23. The SMILES string of the molecule is CC(C)N(C(=O)CN1C(=O)[C@@H]2CC=CC[C@H]2C1=O)c1ccccc1. The molecule has 3 rings (SSSR count). The number of para-hydroxylation sites is 1. The molecule has 0 radical (unpaired) electrons. The summed E-state index contributed by atoms with van der Waals surface area (Å²) in [4.78, 5) is 40.6. The van der Waals surface area contributed by atoms with Crippen LogP contribution in [0.3, 0.4) is 0 Å². The number of rotatable bonds is 4. The second kappa shape index (κ2) is 6.59. The zero-order valence-electron chi connectivity index (χ0n) is 14.0. The number of fused-ring (bicyclic) bond motifs is 1. The highest BCUT2D eigenvalue weighted by atomic mass is 16.2. The van der Waals surface area contributed by atoms with Gasteiger partial charge in [-0.2, -0.15) is 0 Å². The first-order valence-electron chi connectivity index (χ1n) is 8.38. The van der Waals surface area contributed by atoms with Crippen LogP contribution in [0.2, 0.25) is 0 Å². The van der Waals surface area contributed by atoms with Crippen LogP contribution in [0.5, 0.6) is 0 Å². The number of carbonyl (C=O) groups is 3. The average Bonchev–Trinajstić information content (AvgIpc) is 2.81. The monoisotopic (exact) mass is 326 g/mol. The van der Waals surface area contributed by atoms with Crippen LogP contribution in [0.1, 0.15) is 26.7 Å². The number of amides is 3. The largest absolute Gasteiger partial charge is 0.308 e. The van der Waals surface area contributed by atoms with Crippen LogP contribution in [-0.4, -0.2) is 35.2 Å². The predicted molar refractivity (Wildman–Crippen MR) is 91.1 cm³/mol. The molecular weight excluding hydrogens is 304 g/mol. The van der Waals surface area contributed by atoms with E-state index < -0.39 is 0 Å². The van der Waals surface area contributed by atoms with Gasteiger partial charge in [-0.3, -0.25) is 19.3 Å². The summed E-state index contributed by atoms with van der Waals surface area (Å²) in [6.45, 7) is 3.65. The molecule has 0 spiro atoms. The summed E-state index contributed by atoms with van der Waals surface area (Å²) in [6, 6.07) is 9.27. The number of anilines is 1. The summed E-state index contributed by atoms with van der Waals surface area (Å²) in [7, 11) is 0. The van der Waals surface area contributed by atoms with E-state index in [1.807, 2.05) is 56.3 Å². The molecule has 1 heterocycles. The fourth-order valence-electron chi connectivity index (χ4n) is 3.55. The standard InChI is InChI=1S/C19H22N2O3/c1-13(2)21(14-8-4-3-5-9-14)17(22)12-20-18(23)15-10-6-7-11-16(15)19(20)24/h3-9,13,15-16H,10-12H2,1-2H3/t15-,16-/m1/s1. The van der Waals surface area contributed by atoms with Crippen molar-refractivity contribution in [3.05, 3.63) is 42.5 Å². The zero-order valence-corrected chi connectivity index (χ0v) is 14.0. The molecule has 1 aromatic rings. The van der Waals surface area contributed by atoms with Crippen LogP contribution < -0.4 is 4.90 Å². The quantitative estimate of drug-likeness (QED) is 0.630. The molecule has 0 N–H and O–H groups in total. The number of nitrogens with zero attached hydrogens (tertiary/aromatic N) is 2. The molecule has 1 fully saturated rings. The van der Waals surface area contributed by atoms with Crippen molar-refractivity contribution in [2.45, 2.75) is 32.7 Å². The lowest BCUT2D eigenvalue weighted by Gasteiger charge is -2.28. The maximum Gasteiger partial charge on any atom is 0.247 e. The first-order valence-corrected chi connectivity index (χ1v) is 8.38. The van der Waals surface area contributed by atoms with Gasteiger partial charge in [0.25, 0.3) is 0 Å². The molecule has 24 heavy (non-hydrogen) atoms. The second-order valence-corrected chi connectivity index (χ2v) is 6.61. The summed E-state index contributed by atoms with van der Waals surface area (Å²) in [6.07, 6.45) is 5.07. The first kappa shape index (κ1) is 16.4. The fourth-order valence-corrected chi connectivity index (χ4v) is 3.55. The Morgan fingerprint density at radius 1 is 1.08 bits per heavy atom. The highest BCUT2D eigenvalue weighted by Gasteiger charge is 2.48. The van der Waals surface area contributed by atoms with Crippen LogP contribution in [-0.2, 0) is 14.4 Å². The van der Waals surface area contributed by atoms with Crippen molar-refractivity contribution in [2.24, 2.45) is 11.8 Å². The Balaban J connectivity index is 1.78. The van der Waals surface area contributed by atoms with Gasteiger partial charge in [-0.05, 0) is 38.8 Å². The minimum absolute atomic E-state index is 0.0587. The van der Waals surface area contributed by atoms with Gasteiger partial charge in [0.05, 0.1) is 11.8 Å². The minimum atomic E-state index is -0.292. The number of imide groups is 1. The molecule has 126 valence electrons. The van der Waals surface area contributed by atoms with E-state index in [-0.39, 0.29) is 42.1 Å². The van der Waals surface area contributed by atoms with Crippen LogP contribution >= 0.6 is 0 Å². The Morgan fingerprint density at radius 2 is 1.62 bits per heavy atom. The van der Waals surface area contributed by atoms with Crippen molar-refractivity contribution in [3.63, 3.8) is 0 Å². The van der Waals surface area contributed by atoms with Crippen LogP contribution in [0.25, 0.3) is 0 Å². The molecule has 1 saturated heterocycles. The molecule has 0 aromatic heterocycles. The van der Waals surface area contributed by atoms with Crippen molar-refractivity contribution in [1.29, 1.82) is 0 Å². The van der Waals surface area contributed by atoms with Crippen molar-refractivity contribution >= 4 is 23.4 Å². The van der Waals surface area contributed by atoms with E-state index in [0.29, 0.717) is 12.8 Å². The highest BCUT2D eigenvalue weighted by molar-refractivity contribution is 6.09. The number of hydrogen-bond acceptors (Lipinski definition) is 3. The maximum absolute atomic E-state index is 12.8. The van der Waals surface area contributed by atoms with Gasteiger partial charge >= 0.3 is 0 Å². The number of hydrogen-bond donors (Lipinski definition) is 0.